The summed E-state index contributed by atoms with van der Waals surface area (Å²) in [5.41, 5.74) is 9.62. The number of ether oxygens (including phenoxy) is 2. The van der Waals surface area contributed by atoms with Crippen molar-refractivity contribution < 1.29 is 19.4 Å². The smallest absolute Gasteiger partial charge is 0.214 e. The van der Waals surface area contributed by atoms with Gasteiger partial charge in [0.1, 0.15) is 6.61 Å². The third kappa shape index (κ3) is 5.76. The molecule has 2 N–H and O–H groups in total. The molecule has 0 bridgehead atoms. The summed E-state index contributed by atoms with van der Waals surface area (Å²) in [6.07, 6.45) is 6.84. The molecule has 0 aromatic heterocycles. The molecule has 0 fully saturated rings. The molecule has 3 rings (SSSR count). The highest BCUT2D eigenvalue weighted by Gasteiger charge is 2.28. The van der Waals surface area contributed by atoms with Crippen LogP contribution in [0.25, 0.3) is 0 Å². The number of methoxy groups -OCH3 is 1. The van der Waals surface area contributed by atoms with Gasteiger partial charge in [-0.15, -0.1) is 0 Å². The number of amides is 1. The van der Waals surface area contributed by atoms with Crippen LogP contribution < -0.4 is 14.8 Å². The van der Waals surface area contributed by atoms with Gasteiger partial charge in [0.05, 0.1) is 19.8 Å². The molecule has 0 radical (unpaired) electrons. The lowest BCUT2D eigenvalue weighted by Crippen LogP contribution is -2.34. The minimum Gasteiger partial charge on any atom is -0.493 e. The van der Waals surface area contributed by atoms with E-state index >= 15 is 0 Å². The summed E-state index contributed by atoms with van der Waals surface area (Å²) in [5.74, 6) is 1.31. The maximum absolute atomic E-state index is 11.9. The second-order valence-corrected chi connectivity index (χ2v) is 9.56. The summed E-state index contributed by atoms with van der Waals surface area (Å²) in [4.78, 5) is 13.7. The lowest BCUT2D eigenvalue weighted by atomic mass is 9.94. The van der Waals surface area contributed by atoms with Crippen LogP contribution in [-0.4, -0.2) is 36.1 Å². The summed E-state index contributed by atoms with van der Waals surface area (Å²) in [6.45, 7) is 13.4. The average molecular weight is 493 g/mol. The number of aryl methyl sites for hydroxylation is 1. The van der Waals surface area contributed by atoms with Crippen LogP contribution in [0.5, 0.6) is 11.5 Å². The fourth-order valence-electron chi connectivity index (χ4n) is 4.76. The normalized spacial score (nSPS) is 15.7. The Hall–Kier alpha value is -3.25. The molecule has 0 saturated heterocycles. The van der Waals surface area contributed by atoms with Crippen molar-refractivity contribution >= 4 is 12.1 Å². The number of nitrogens with one attached hydrogen (secondary N) is 1. The first-order valence-electron chi connectivity index (χ1n) is 12.6. The Balaban J connectivity index is 1.78. The first kappa shape index (κ1) is 27.3. The van der Waals surface area contributed by atoms with Gasteiger partial charge in [-0.25, -0.2) is 0 Å². The Bertz CT molecular complexity index is 1170. The highest BCUT2D eigenvalue weighted by Crippen LogP contribution is 2.35. The number of hydrogen-bond donors (Lipinski definition) is 2. The number of aliphatic hydroxyl groups is 1. The van der Waals surface area contributed by atoms with Crippen LogP contribution in [0, 0.1) is 27.7 Å². The van der Waals surface area contributed by atoms with E-state index in [0.717, 1.165) is 52.9 Å². The number of aliphatic hydroxyl groups excluding tert-OH is 1. The van der Waals surface area contributed by atoms with Crippen LogP contribution in [0.1, 0.15) is 60.1 Å². The molecular formula is C30H40N2O4. The third-order valence-corrected chi connectivity index (χ3v) is 7.30. The molecule has 194 valence electrons. The van der Waals surface area contributed by atoms with Gasteiger partial charge < -0.3 is 24.8 Å². The van der Waals surface area contributed by atoms with Gasteiger partial charge in [0.15, 0.2) is 11.5 Å². The van der Waals surface area contributed by atoms with E-state index in [1.807, 2.05) is 43.0 Å². The molecule has 0 spiro atoms. The molecule has 0 aliphatic carbocycles. The molecule has 0 saturated carbocycles. The monoisotopic (exact) mass is 492 g/mol. The Morgan fingerprint density at radius 1 is 1.06 bits per heavy atom. The molecule has 6 nitrogen and oxygen atoms in total. The molecule has 36 heavy (non-hydrogen) atoms. The predicted molar refractivity (Wildman–Crippen MR) is 146 cm³/mol. The Morgan fingerprint density at radius 3 is 2.42 bits per heavy atom. The molecule has 2 aromatic rings. The zero-order valence-corrected chi connectivity index (χ0v) is 22.7. The highest BCUT2D eigenvalue weighted by atomic mass is 16.5. The van der Waals surface area contributed by atoms with Gasteiger partial charge in [-0.3, -0.25) is 4.79 Å². The number of nitrogens with zero attached hydrogens (tertiary/aromatic N) is 1. The molecule has 1 amide bonds. The molecule has 6 heteroatoms. The van der Waals surface area contributed by atoms with Crippen LogP contribution in [0.15, 0.2) is 41.6 Å². The molecule has 1 aliphatic rings. The summed E-state index contributed by atoms with van der Waals surface area (Å²) in [7, 11) is 1.64. The van der Waals surface area contributed by atoms with E-state index in [-0.39, 0.29) is 12.6 Å². The van der Waals surface area contributed by atoms with Gasteiger partial charge in [-0.05, 0) is 105 Å². The number of rotatable bonds is 11. The van der Waals surface area contributed by atoms with Gasteiger partial charge in [0.2, 0.25) is 6.41 Å². The summed E-state index contributed by atoms with van der Waals surface area (Å²) in [5, 5.41) is 13.3. The first-order valence-corrected chi connectivity index (χ1v) is 12.6. The van der Waals surface area contributed by atoms with Gasteiger partial charge in [0, 0.05) is 24.0 Å². The van der Waals surface area contributed by atoms with Gasteiger partial charge in [-0.1, -0.05) is 13.0 Å². The minimum atomic E-state index is 0.00509. The van der Waals surface area contributed by atoms with Crippen molar-refractivity contribution in [1.29, 1.82) is 0 Å². The Labute approximate surface area is 215 Å². The predicted octanol–water partition coefficient (Wildman–Crippen LogP) is 5.88. The molecule has 1 aliphatic heterocycles. The van der Waals surface area contributed by atoms with Crippen molar-refractivity contribution in [2.75, 3.05) is 19.0 Å². The average Bonchev–Trinajstić information content (AvgIpc) is 3.18. The Morgan fingerprint density at radius 2 is 1.78 bits per heavy atom. The molecule has 2 aromatic carbocycles. The van der Waals surface area contributed by atoms with Crippen LogP contribution in [-0.2, 0) is 18.0 Å². The van der Waals surface area contributed by atoms with E-state index in [2.05, 4.69) is 39.1 Å². The first-order chi connectivity index (χ1) is 17.2. The maximum Gasteiger partial charge on any atom is 0.214 e. The summed E-state index contributed by atoms with van der Waals surface area (Å²) < 4.78 is 11.9. The van der Waals surface area contributed by atoms with E-state index < -0.39 is 0 Å². The SMILES string of the molecule is CC/C=C\C1=C(C)C[C@@H](CNc2cc(OCc3cc(CO)c(C)c(C)c3C)c(OC)cc2C)N1C=O. The number of benzene rings is 2. The van der Waals surface area contributed by atoms with E-state index in [1.54, 1.807) is 7.11 Å². The summed E-state index contributed by atoms with van der Waals surface area (Å²) >= 11 is 0. The third-order valence-electron chi connectivity index (χ3n) is 7.30. The fraction of sp³-hybridized carbons (Fsp3) is 0.433. The number of carbonyl (C=O) groups is 1. The van der Waals surface area contributed by atoms with Crippen LogP contribution in [0.4, 0.5) is 5.69 Å². The minimum absolute atomic E-state index is 0.00509. The second-order valence-electron chi connectivity index (χ2n) is 9.56. The van der Waals surface area contributed by atoms with Crippen molar-refractivity contribution in [2.45, 2.75) is 73.6 Å². The number of allylic oxidation sites excluding steroid dienone is 2. The van der Waals surface area contributed by atoms with Crippen molar-refractivity contribution in [3.63, 3.8) is 0 Å². The standard InChI is InChI=1S/C30H40N2O4/c1-8-9-10-28-20(3)11-26(32(28)18-34)15-31-27-14-30(29(35-7)12-19(27)2)36-17-25-13-24(16-33)22(5)21(4)23(25)6/h9-10,12-14,18,26,31,33H,8,11,15-17H2,1-7H3/b10-9-/t26-/m0/s1. The second kappa shape index (κ2) is 12.1. The van der Waals surface area contributed by atoms with Gasteiger partial charge >= 0.3 is 0 Å². The zero-order valence-electron chi connectivity index (χ0n) is 22.7. The largest absolute Gasteiger partial charge is 0.493 e. The lowest BCUT2D eigenvalue weighted by molar-refractivity contribution is -0.117. The molecule has 1 heterocycles. The van der Waals surface area contributed by atoms with Crippen molar-refractivity contribution in [3.8, 4) is 11.5 Å². The van der Waals surface area contributed by atoms with Crippen molar-refractivity contribution in [1.82, 2.24) is 4.90 Å². The van der Waals surface area contributed by atoms with E-state index in [4.69, 9.17) is 9.47 Å². The van der Waals surface area contributed by atoms with Crippen molar-refractivity contribution in [2.24, 2.45) is 0 Å². The van der Waals surface area contributed by atoms with Gasteiger partial charge in [-0.2, -0.15) is 0 Å². The van der Waals surface area contributed by atoms with Crippen molar-refractivity contribution in [3.05, 3.63) is 75.0 Å². The van der Waals surface area contributed by atoms with E-state index in [1.165, 1.54) is 16.7 Å². The fourth-order valence-corrected chi connectivity index (χ4v) is 4.76. The molecule has 1 atom stereocenters. The topological polar surface area (TPSA) is 71.0 Å². The number of carbonyl (C=O) groups excluding carboxylic acids is 1. The highest BCUT2D eigenvalue weighted by molar-refractivity contribution is 5.61. The summed E-state index contributed by atoms with van der Waals surface area (Å²) in [6, 6.07) is 6.01. The quantitative estimate of drug-likeness (QED) is 0.383. The Kier molecular flexibility index (Phi) is 9.21. The molecular weight excluding hydrogens is 452 g/mol. The van der Waals surface area contributed by atoms with Crippen LogP contribution in [0.2, 0.25) is 0 Å². The number of hydrogen-bond acceptors (Lipinski definition) is 5. The van der Waals surface area contributed by atoms with E-state index in [9.17, 15) is 9.90 Å². The maximum atomic E-state index is 11.9. The molecule has 0 unspecified atom stereocenters. The van der Waals surface area contributed by atoms with E-state index in [0.29, 0.717) is 24.7 Å². The number of anilines is 1. The van der Waals surface area contributed by atoms with Gasteiger partial charge in [0.25, 0.3) is 0 Å². The zero-order chi connectivity index (χ0) is 26.4. The lowest BCUT2D eigenvalue weighted by Gasteiger charge is -2.24. The van der Waals surface area contributed by atoms with Crippen LogP contribution >= 0.6 is 0 Å². The van der Waals surface area contributed by atoms with Crippen LogP contribution in [0.3, 0.4) is 0 Å².